The van der Waals surface area contributed by atoms with Crippen LogP contribution in [0.25, 0.3) is 10.1 Å². The lowest BCUT2D eigenvalue weighted by Crippen LogP contribution is -2.33. The molecule has 0 radical (unpaired) electrons. The average Bonchev–Trinajstić information content (AvgIpc) is 3.17. The van der Waals surface area contributed by atoms with Crippen LogP contribution < -0.4 is 4.74 Å². The Morgan fingerprint density at radius 3 is 2.64 bits per heavy atom. The molecular weight excluding hydrogens is 366 g/mol. The molecule has 0 unspecified atom stereocenters. The highest BCUT2D eigenvalue weighted by Gasteiger charge is 2.21. The molecule has 1 saturated heterocycles. The Balaban J connectivity index is 1.26. The Kier molecular flexibility index (Phi) is 6.08. The molecule has 146 valence electrons. The van der Waals surface area contributed by atoms with Gasteiger partial charge in [0.1, 0.15) is 5.75 Å². The van der Waals surface area contributed by atoms with Gasteiger partial charge in [0.15, 0.2) is 5.78 Å². The lowest BCUT2D eigenvalue weighted by Gasteiger charge is -2.31. The maximum absolute atomic E-state index is 12.7. The van der Waals surface area contributed by atoms with E-state index in [1.165, 1.54) is 18.4 Å². The van der Waals surface area contributed by atoms with Crippen molar-refractivity contribution in [3.63, 3.8) is 0 Å². The fourth-order valence-electron chi connectivity index (χ4n) is 4.01. The first-order chi connectivity index (χ1) is 13.7. The number of carbonyl (C=O) groups is 1. The van der Waals surface area contributed by atoms with Crippen molar-refractivity contribution >= 4 is 27.2 Å². The summed E-state index contributed by atoms with van der Waals surface area (Å²) in [6.45, 7) is 3.31. The molecule has 4 rings (SSSR count). The highest BCUT2D eigenvalue weighted by molar-refractivity contribution is 7.20. The van der Waals surface area contributed by atoms with Gasteiger partial charge in [-0.1, -0.05) is 30.3 Å². The second-order valence-electron chi connectivity index (χ2n) is 7.68. The zero-order valence-corrected chi connectivity index (χ0v) is 17.2. The van der Waals surface area contributed by atoms with E-state index in [4.69, 9.17) is 4.74 Å². The molecule has 2 heterocycles. The molecule has 28 heavy (non-hydrogen) atoms. The van der Waals surface area contributed by atoms with E-state index in [-0.39, 0.29) is 5.78 Å². The first kappa shape index (κ1) is 19.2. The van der Waals surface area contributed by atoms with Gasteiger partial charge in [0.2, 0.25) is 0 Å². The van der Waals surface area contributed by atoms with Gasteiger partial charge in [-0.2, -0.15) is 0 Å². The second-order valence-corrected chi connectivity index (χ2v) is 8.77. The van der Waals surface area contributed by atoms with Crippen LogP contribution in [0, 0.1) is 5.92 Å². The first-order valence-corrected chi connectivity index (χ1v) is 10.9. The van der Waals surface area contributed by atoms with E-state index in [1.54, 1.807) is 18.4 Å². The summed E-state index contributed by atoms with van der Waals surface area (Å²) < 4.78 is 6.40. The van der Waals surface area contributed by atoms with Crippen molar-refractivity contribution in [1.29, 1.82) is 0 Å². The molecule has 0 bridgehead atoms. The van der Waals surface area contributed by atoms with Crippen molar-refractivity contribution in [2.45, 2.75) is 32.2 Å². The summed E-state index contributed by atoms with van der Waals surface area (Å²) in [6, 6.07) is 18.7. The zero-order valence-electron chi connectivity index (χ0n) is 16.4. The van der Waals surface area contributed by atoms with Crippen molar-refractivity contribution in [1.82, 2.24) is 4.90 Å². The molecule has 2 aromatic carbocycles. The summed E-state index contributed by atoms with van der Waals surface area (Å²) in [5.41, 5.74) is 1.39. The van der Waals surface area contributed by atoms with E-state index in [1.807, 2.05) is 24.3 Å². The summed E-state index contributed by atoms with van der Waals surface area (Å²) in [6.07, 6.45) is 4.07. The minimum Gasteiger partial charge on any atom is -0.497 e. The molecule has 3 aromatic rings. The van der Waals surface area contributed by atoms with E-state index in [9.17, 15) is 4.79 Å². The number of benzene rings is 2. The monoisotopic (exact) mass is 393 g/mol. The van der Waals surface area contributed by atoms with Crippen molar-refractivity contribution in [2.75, 3.05) is 20.2 Å². The van der Waals surface area contributed by atoms with Crippen molar-refractivity contribution in [3.05, 3.63) is 65.0 Å². The van der Waals surface area contributed by atoms with Crippen molar-refractivity contribution in [2.24, 2.45) is 5.92 Å². The summed E-state index contributed by atoms with van der Waals surface area (Å²) in [4.78, 5) is 16.1. The van der Waals surface area contributed by atoms with Crippen molar-refractivity contribution < 1.29 is 9.53 Å². The highest BCUT2D eigenvalue weighted by Crippen LogP contribution is 2.31. The minimum absolute atomic E-state index is 0.284. The van der Waals surface area contributed by atoms with Gasteiger partial charge in [-0.3, -0.25) is 9.69 Å². The van der Waals surface area contributed by atoms with Gasteiger partial charge in [0.05, 0.1) is 12.0 Å². The summed E-state index contributed by atoms with van der Waals surface area (Å²) in [5.74, 6) is 1.80. The number of ketones is 1. The predicted molar refractivity (Wildman–Crippen MR) is 116 cm³/mol. The predicted octanol–water partition coefficient (Wildman–Crippen LogP) is 5.79. The van der Waals surface area contributed by atoms with Crippen LogP contribution in [0.3, 0.4) is 0 Å². The Hall–Kier alpha value is -2.17. The van der Waals surface area contributed by atoms with Crippen LogP contribution in [0.15, 0.2) is 54.6 Å². The number of thiophene rings is 1. The number of hydrogen-bond acceptors (Lipinski definition) is 4. The van der Waals surface area contributed by atoms with Gasteiger partial charge < -0.3 is 4.74 Å². The molecule has 0 N–H and O–H groups in total. The van der Waals surface area contributed by atoms with Gasteiger partial charge >= 0.3 is 0 Å². The van der Waals surface area contributed by atoms with Crippen molar-refractivity contribution in [3.8, 4) is 5.75 Å². The highest BCUT2D eigenvalue weighted by atomic mass is 32.1. The first-order valence-electron chi connectivity index (χ1n) is 10.1. The lowest BCUT2D eigenvalue weighted by atomic mass is 9.91. The number of ether oxygens (including phenoxy) is 1. The normalized spacial score (nSPS) is 15.8. The lowest BCUT2D eigenvalue weighted by molar-refractivity contribution is 0.0965. The van der Waals surface area contributed by atoms with E-state index < -0.39 is 0 Å². The molecule has 1 aliphatic rings. The maximum atomic E-state index is 12.7. The number of piperidine rings is 1. The SMILES string of the molecule is COc1ccc2cc(C(=O)CCC3CCN(Cc4ccccc4)CC3)sc2c1. The van der Waals surface area contributed by atoms with Crippen LogP contribution in [0.1, 0.15) is 40.9 Å². The number of fused-ring (bicyclic) bond motifs is 1. The molecule has 1 aromatic heterocycles. The molecule has 1 fully saturated rings. The third kappa shape index (κ3) is 4.62. The smallest absolute Gasteiger partial charge is 0.172 e. The zero-order chi connectivity index (χ0) is 19.3. The standard InChI is InChI=1S/C24H27NO2S/c1-27-21-9-8-20-15-24(28-23(20)16-21)22(26)10-7-18-11-13-25(14-12-18)17-19-5-3-2-4-6-19/h2-6,8-9,15-16,18H,7,10-14,17H2,1H3. The van der Waals surface area contributed by atoms with Gasteiger partial charge in [0.25, 0.3) is 0 Å². The van der Waals surface area contributed by atoms with E-state index in [2.05, 4.69) is 35.2 Å². The molecule has 3 nitrogen and oxygen atoms in total. The average molecular weight is 394 g/mol. The molecule has 0 spiro atoms. The van der Waals surface area contributed by atoms with E-state index in [0.29, 0.717) is 12.3 Å². The molecular formula is C24H27NO2S. The maximum Gasteiger partial charge on any atom is 0.172 e. The van der Waals surface area contributed by atoms with Gasteiger partial charge in [-0.25, -0.2) is 0 Å². The molecule has 4 heteroatoms. The Morgan fingerprint density at radius 2 is 1.89 bits per heavy atom. The van der Waals surface area contributed by atoms with Crippen LogP contribution in [-0.4, -0.2) is 30.9 Å². The van der Waals surface area contributed by atoms with Gasteiger partial charge in [-0.05, 0) is 73.5 Å². The molecule has 0 amide bonds. The number of methoxy groups -OCH3 is 1. The fourth-order valence-corrected chi connectivity index (χ4v) is 5.07. The molecule has 1 aliphatic heterocycles. The molecule has 0 atom stereocenters. The minimum atomic E-state index is 0.284. The van der Waals surface area contributed by atoms with Crippen LogP contribution in [0.2, 0.25) is 0 Å². The van der Waals surface area contributed by atoms with Crippen LogP contribution >= 0.6 is 11.3 Å². The topological polar surface area (TPSA) is 29.5 Å². The summed E-state index contributed by atoms with van der Waals surface area (Å²) in [5, 5.41) is 1.13. The molecule has 0 aliphatic carbocycles. The fraction of sp³-hybridized carbons (Fsp3) is 0.375. The number of likely N-dealkylation sites (tertiary alicyclic amines) is 1. The number of carbonyl (C=O) groups excluding carboxylic acids is 1. The number of nitrogens with zero attached hydrogens (tertiary/aromatic N) is 1. The largest absolute Gasteiger partial charge is 0.497 e. The Labute approximate surface area is 170 Å². The third-order valence-corrected chi connectivity index (χ3v) is 6.88. The number of rotatable bonds is 7. The van der Waals surface area contributed by atoms with E-state index >= 15 is 0 Å². The van der Waals surface area contributed by atoms with Gasteiger partial charge in [0, 0.05) is 17.7 Å². The summed E-state index contributed by atoms with van der Waals surface area (Å²) >= 11 is 1.59. The van der Waals surface area contributed by atoms with E-state index in [0.717, 1.165) is 46.8 Å². The molecule has 0 saturated carbocycles. The van der Waals surface area contributed by atoms with Gasteiger partial charge in [-0.15, -0.1) is 11.3 Å². The van der Waals surface area contributed by atoms with Crippen LogP contribution in [0.5, 0.6) is 5.75 Å². The Morgan fingerprint density at radius 1 is 1.11 bits per heavy atom. The van der Waals surface area contributed by atoms with Crippen LogP contribution in [-0.2, 0) is 6.54 Å². The second kappa shape index (κ2) is 8.89. The third-order valence-electron chi connectivity index (χ3n) is 5.74. The Bertz CT molecular complexity index is 926. The number of hydrogen-bond donors (Lipinski definition) is 0. The summed E-state index contributed by atoms with van der Waals surface area (Å²) in [7, 11) is 1.67. The number of Topliss-reactive ketones (excluding diaryl/α,β-unsaturated/α-hetero) is 1. The van der Waals surface area contributed by atoms with Crippen LogP contribution in [0.4, 0.5) is 0 Å². The quantitative estimate of drug-likeness (QED) is 0.476.